The molecule has 0 radical (unpaired) electrons. The van der Waals surface area contributed by atoms with Crippen molar-refractivity contribution in [2.45, 2.75) is 51.1 Å². The molecule has 1 aromatic rings. The summed E-state index contributed by atoms with van der Waals surface area (Å²) in [6.45, 7) is 5.56. The summed E-state index contributed by atoms with van der Waals surface area (Å²) in [5.74, 6) is 1.69. The summed E-state index contributed by atoms with van der Waals surface area (Å²) in [6, 6.07) is 8.86. The van der Waals surface area contributed by atoms with Crippen LogP contribution in [-0.4, -0.2) is 49.0 Å². The lowest BCUT2D eigenvalue weighted by molar-refractivity contribution is -0.135. The lowest BCUT2D eigenvalue weighted by Crippen LogP contribution is -2.50. The van der Waals surface area contributed by atoms with E-state index in [4.69, 9.17) is 11.6 Å². The lowest BCUT2D eigenvalue weighted by atomic mass is 10.0. The molecule has 142 valence electrons. The van der Waals surface area contributed by atoms with E-state index in [1.54, 1.807) is 0 Å². The van der Waals surface area contributed by atoms with Gasteiger partial charge in [0.05, 0.1) is 0 Å². The fraction of sp³-hybridized carbons (Fsp3) is 0.600. The molecule has 5 nitrogen and oxygen atoms in total. The average Bonchev–Trinajstić information content (AvgIpc) is 3.40. The maximum atomic E-state index is 12.1. The molecule has 2 atom stereocenters. The molecule has 2 aliphatic rings. The van der Waals surface area contributed by atoms with Crippen LogP contribution in [0.1, 0.15) is 44.6 Å². The number of carbonyl (C=O) groups excluding carboxylic acids is 1. The Balaban J connectivity index is 1.46. The van der Waals surface area contributed by atoms with E-state index in [1.165, 1.54) is 5.56 Å². The van der Waals surface area contributed by atoms with Crippen molar-refractivity contribution in [1.82, 2.24) is 15.5 Å². The molecule has 2 unspecified atom stereocenters. The van der Waals surface area contributed by atoms with E-state index in [2.05, 4.69) is 21.7 Å². The van der Waals surface area contributed by atoms with Gasteiger partial charge in [0.15, 0.2) is 5.96 Å². The molecule has 2 N–H and O–H groups in total. The minimum atomic E-state index is 0.0761. The lowest BCUT2D eigenvalue weighted by Gasteiger charge is -2.34. The zero-order valence-corrected chi connectivity index (χ0v) is 16.6. The van der Waals surface area contributed by atoms with Gasteiger partial charge in [-0.05, 0) is 37.0 Å². The van der Waals surface area contributed by atoms with Crippen LogP contribution in [0.25, 0.3) is 0 Å². The van der Waals surface area contributed by atoms with Gasteiger partial charge in [-0.3, -0.25) is 9.79 Å². The quantitative estimate of drug-likeness (QED) is 0.627. The molecule has 3 rings (SSSR count). The number of carbonyl (C=O) groups is 1. The molecule has 1 aliphatic carbocycles. The molecule has 2 fully saturated rings. The van der Waals surface area contributed by atoms with Crippen molar-refractivity contribution in [3.8, 4) is 0 Å². The van der Waals surface area contributed by atoms with Crippen LogP contribution in [-0.2, 0) is 4.79 Å². The van der Waals surface area contributed by atoms with Crippen LogP contribution in [0.5, 0.6) is 0 Å². The zero-order valence-electron chi connectivity index (χ0n) is 15.8. The number of aliphatic imine (C=N–C) groups is 1. The Labute approximate surface area is 161 Å². The summed E-state index contributed by atoms with van der Waals surface area (Å²) < 4.78 is 0. The second-order valence-corrected chi connectivity index (χ2v) is 8.06. The number of amides is 1. The highest BCUT2D eigenvalue weighted by molar-refractivity contribution is 6.30. The number of guanidine groups is 1. The van der Waals surface area contributed by atoms with E-state index in [-0.39, 0.29) is 11.8 Å². The van der Waals surface area contributed by atoms with E-state index in [0.717, 1.165) is 43.3 Å². The summed E-state index contributed by atoms with van der Waals surface area (Å²) in [4.78, 5) is 18.5. The van der Waals surface area contributed by atoms with Crippen LogP contribution < -0.4 is 10.6 Å². The Kier molecular flexibility index (Phi) is 6.07. The highest BCUT2D eigenvalue weighted by Crippen LogP contribution is 2.41. The number of benzene rings is 1. The first-order valence-electron chi connectivity index (χ1n) is 9.52. The van der Waals surface area contributed by atoms with Gasteiger partial charge in [-0.2, -0.15) is 0 Å². The molecule has 1 heterocycles. The fourth-order valence-corrected chi connectivity index (χ4v) is 3.81. The van der Waals surface area contributed by atoms with Gasteiger partial charge in [0.2, 0.25) is 5.91 Å². The standard InChI is InChI=1S/C20H29ClN4O/c1-13(2)19(26)25-9-7-16(8-10-25)23-20(22-3)24-18-12-17(18)14-5-4-6-15(21)11-14/h4-6,11,13,16-18H,7-10,12H2,1-3H3,(H2,22,23,24). The van der Waals surface area contributed by atoms with Gasteiger partial charge >= 0.3 is 0 Å². The van der Waals surface area contributed by atoms with E-state index in [0.29, 0.717) is 18.0 Å². The summed E-state index contributed by atoms with van der Waals surface area (Å²) in [6.07, 6.45) is 3.02. The van der Waals surface area contributed by atoms with Crippen molar-refractivity contribution in [2.75, 3.05) is 20.1 Å². The SMILES string of the molecule is CN=C(NC1CCN(C(=O)C(C)C)CC1)NC1CC1c1cccc(Cl)c1. The van der Waals surface area contributed by atoms with E-state index < -0.39 is 0 Å². The van der Waals surface area contributed by atoms with E-state index in [9.17, 15) is 4.79 Å². The summed E-state index contributed by atoms with van der Waals surface area (Å²) in [5.41, 5.74) is 1.28. The third-order valence-electron chi connectivity index (χ3n) is 5.25. The first-order chi connectivity index (χ1) is 12.5. The number of likely N-dealkylation sites (tertiary alicyclic amines) is 1. The van der Waals surface area contributed by atoms with E-state index in [1.807, 2.05) is 44.0 Å². The Morgan fingerprint density at radius 3 is 2.62 bits per heavy atom. The first kappa shape index (κ1) is 19.0. The van der Waals surface area contributed by atoms with Gasteiger partial charge in [0.1, 0.15) is 0 Å². The van der Waals surface area contributed by atoms with Gasteiger partial charge < -0.3 is 15.5 Å². The van der Waals surface area contributed by atoms with Crippen molar-refractivity contribution >= 4 is 23.5 Å². The second-order valence-electron chi connectivity index (χ2n) is 7.62. The number of nitrogens with one attached hydrogen (secondary N) is 2. The number of hydrogen-bond donors (Lipinski definition) is 2. The molecule has 1 aliphatic heterocycles. The number of rotatable bonds is 4. The highest BCUT2D eigenvalue weighted by Gasteiger charge is 2.39. The minimum absolute atomic E-state index is 0.0761. The Morgan fingerprint density at radius 2 is 2.00 bits per heavy atom. The van der Waals surface area contributed by atoms with Crippen LogP contribution in [0.4, 0.5) is 0 Å². The monoisotopic (exact) mass is 376 g/mol. The van der Waals surface area contributed by atoms with Crippen LogP contribution in [0.3, 0.4) is 0 Å². The molecular weight excluding hydrogens is 348 g/mol. The summed E-state index contributed by atoms with van der Waals surface area (Å²) in [5, 5.41) is 7.84. The molecule has 6 heteroatoms. The fourth-order valence-electron chi connectivity index (χ4n) is 3.61. The summed E-state index contributed by atoms with van der Waals surface area (Å²) in [7, 11) is 1.81. The van der Waals surface area contributed by atoms with Gasteiger partial charge in [-0.15, -0.1) is 0 Å². The Hall–Kier alpha value is -1.75. The number of hydrogen-bond acceptors (Lipinski definition) is 2. The van der Waals surface area contributed by atoms with Crippen molar-refractivity contribution < 1.29 is 4.79 Å². The second kappa shape index (κ2) is 8.30. The molecule has 0 aromatic heterocycles. The van der Waals surface area contributed by atoms with Gasteiger partial charge in [-0.25, -0.2) is 0 Å². The van der Waals surface area contributed by atoms with Crippen molar-refractivity contribution in [3.63, 3.8) is 0 Å². The minimum Gasteiger partial charge on any atom is -0.354 e. The van der Waals surface area contributed by atoms with Crippen molar-refractivity contribution in [2.24, 2.45) is 10.9 Å². The molecule has 0 spiro atoms. The predicted molar refractivity (Wildman–Crippen MR) is 107 cm³/mol. The normalized spacial score (nSPS) is 23.9. The van der Waals surface area contributed by atoms with Crippen molar-refractivity contribution in [3.05, 3.63) is 34.9 Å². The number of nitrogens with zero attached hydrogens (tertiary/aromatic N) is 2. The molecule has 26 heavy (non-hydrogen) atoms. The predicted octanol–water partition coefficient (Wildman–Crippen LogP) is 3.01. The van der Waals surface area contributed by atoms with E-state index >= 15 is 0 Å². The molecule has 1 aromatic carbocycles. The van der Waals surface area contributed by atoms with Gasteiger partial charge in [0, 0.05) is 49.1 Å². The molecule has 1 amide bonds. The third kappa shape index (κ3) is 4.70. The molecular formula is C20H29ClN4O. The third-order valence-corrected chi connectivity index (χ3v) is 5.49. The van der Waals surface area contributed by atoms with Crippen LogP contribution >= 0.6 is 11.6 Å². The smallest absolute Gasteiger partial charge is 0.225 e. The maximum Gasteiger partial charge on any atom is 0.225 e. The highest BCUT2D eigenvalue weighted by atomic mass is 35.5. The average molecular weight is 377 g/mol. The van der Waals surface area contributed by atoms with Crippen LogP contribution in [0, 0.1) is 5.92 Å². The van der Waals surface area contributed by atoms with Gasteiger partial charge in [0.25, 0.3) is 0 Å². The first-order valence-corrected chi connectivity index (χ1v) is 9.90. The molecule has 1 saturated heterocycles. The number of piperidine rings is 1. The topological polar surface area (TPSA) is 56.7 Å². The van der Waals surface area contributed by atoms with Gasteiger partial charge in [-0.1, -0.05) is 37.6 Å². The zero-order chi connectivity index (χ0) is 18.7. The molecule has 1 saturated carbocycles. The van der Waals surface area contributed by atoms with Crippen LogP contribution in [0.15, 0.2) is 29.3 Å². The summed E-state index contributed by atoms with van der Waals surface area (Å²) >= 11 is 6.10. The Morgan fingerprint density at radius 1 is 1.27 bits per heavy atom. The largest absolute Gasteiger partial charge is 0.354 e. The molecule has 0 bridgehead atoms. The Bertz CT molecular complexity index is 668. The number of halogens is 1. The van der Waals surface area contributed by atoms with Crippen LogP contribution in [0.2, 0.25) is 5.02 Å². The maximum absolute atomic E-state index is 12.1. The van der Waals surface area contributed by atoms with Crippen molar-refractivity contribution in [1.29, 1.82) is 0 Å².